The van der Waals surface area contributed by atoms with E-state index in [9.17, 15) is 19.8 Å². The summed E-state index contributed by atoms with van der Waals surface area (Å²) in [4.78, 5) is 27.2. The lowest BCUT2D eigenvalue weighted by Gasteiger charge is -2.24. The number of nitrogens with one attached hydrogen (secondary N) is 2. The molecule has 6 nitrogen and oxygen atoms in total. The van der Waals surface area contributed by atoms with Crippen LogP contribution in [0.25, 0.3) is 0 Å². The Morgan fingerprint density at radius 2 is 0.882 bits per heavy atom. The molecular weight excluding hydrogens is 428 g/mol. The molecule has 34 heavy (non-hydrogen) atoms. The second kappa shape index (κ2) is 8.75. The molecule has 0 unspecified atom stereocenters. The molecule has 0 amide bonds. The van der Waals surface area contributed by atoms with Gasteiger partial charge in [0.15, 0.2) is 0 Å². The first kappa shape index (κ1) is 21.3. The first-order chi connectivity index (χ1) is 16.5. The largest absolute Gasteiger partial charge is 0.507 e. The van der Waals surface area contributed by atoms with Crippen molar-refractivity contribution in [3.63, 3.8) is 0 Å². The second-order valence-corrected chi connectivity index (χ2v) is 8.10. The summed E-state index contributed by atoms with van der Waals surface area (Å²) >= 11 is 0. The van der Waals surface area contributed by atoms with Crippen LogP contribution in [0.2, 0.25) is 0 Å². The van der Waals surface area contributed by atoms with Crippen LogP contribution in [0.1, 0.15) is 43.0 Å². The van der Waals surface area contributed by atoms with E-state index in [1.165, 1.54) is 12.1 Å². The summed E-state index contributed by atoms with van der Waals surface area (Å²) in [5, 5.41) is 27.5. The van der Waals surface area contributed by atoms with Gasteiger partial charge >= 0.3 is 0 Å². The van der Waals surface area contributed by atoms with Gasteiger partial charge in [-0.25, -0.2) is 0 Å². The SMILES string of the molecule is O=C1c2c(O)ccc(NCc3ccccc3)c2C(=O)c2c(O)ccc(NCc3ccccc3)c21. The van der Waals surface area contributed by atoms with E-state index in [4.69, 9.17) is 0 Å². The first-order valence-corrected chi connectivity index (χ1v) is 10.9. The Bertz CT molecular complexity index is 1290. The van der Waals surface area contributed by atoms with Crippen LogP contribution >= 0.6 is 0 Å². The fraction of sp³-hybridized carbons (Fsp3) is 0.0714. The van der Waals surface area contributed by atoms with Gasteiger partial charge in [0.25, 0.3) is 0 Å². The minimum absolute atomic E-state index is 0.0592. The van der Waals surface area contributed by atoms with Crippen molar-refractivity contribution in [2.45, 2.75) is 13.1 Å². The number of carbonyl (C=O) groups is 2. The Morgan fingerprint density at radius 1 is 0.500 bits per heavy atom. The molecule has 5 rings (SSSR count). The number of phenols is 2. The molecule has 0 saturated carbocycles. The van der Waals surface area contributed by atoms with Gasteiger partial charge in [-0.2, -0.15) is 0 Å². The van der Waals surface area contributed by atoms with Gasteiger partial charge in [-0.05, 0) is 35.4 Å². The van der Waals surface area contributed by atoms with Crippen LogP contribution in [0.15, 0.2) is 84.9 Å². The van der Waals surface area contributed by atoms with Crippen molar-refractivity contribution in [2.75, 3.05) is 10.6 Å². The summed E-state index contributed by atoms with van der Waals surface area (Å²) in [6.45, 7) is 0.855. The summed E-state index contributed by atoms with van der Waals surface area (Å²) in [5.41, 5.74) is 2.82. The highest BCUT2D eigenvalue weighted by atomic mass is 16.3. The molecule has 0 aliphatic heterocycles. The average molecular weight is 450 g/mol. The number of aromatic hydroxyl groups is 2. The summed E-state index contributed by atoms with van der Waals surface area (Å²) in [7, 11) is 0. The third-order valence-electron chi connectivity index (χ3n) is 5.93. The predicted molar refractivity (Wildman–Crippen MR) is 131 cm³/mol. The van der Waals surface area contributed by atoms with Crippen molar-refractivity contribution in [1.29, 1.82) is 0 Å². The molecule has 0 fully saturated rings. The van der Waals surface area contributed by atoms with Crippen LogP contribution < -0.4 is 10.6 Å². The maximum Gasteiger partial charge on any atom is 0.200 e. The van der Waals surface area contributed by atoms with Crippen molar-refractivity contribution >= 4 is 22.9 Å². The molecule has 0 spiro atoms. The minimum atomic E-state index is -0.517. The van der Waals surface area contributed by atoms with Gasteiger partial charge in [-0.3, -0.25) is 9.59 Å². The zero-order valence-electron chi connectivity index (χ0n) is 18.2. The van der Waals surface area contributed by atoms with Gasteiger partial charge in [-0.1, -0.05) is 60.7 Å². The molecule has 0 aromatic heterocycles. The highest BCUT2D eigenvalue weighted by Gasteiger charge is 2.37. The molecule has 4 aromatic carbocycles. The molecule has 168 valence electrons. The Kier molecular flexibility index (Phi) is 5.47. The standard InChI is InChI=1S/C28H22N2O4/c31-21-13-11-19(29-15-17-7-3-1-4-8-17)23-25(21)28(34)24-20(12-14-22(32)26(24)27(23)33)30-16-18-9-5-2-6-10-18/h1-14,29-32H,15-16H2. The van der Waals surface area contributed by atoms with E-state index in [0.717, 1.165) is 11.1 Å². The summed E-state index contributed by atoms with van der Waals surface area (Å²) < 4.78 is 0. The van der Waals surface area contributed by atoms with E-state index in [1.54, 1.807) is 12.1 Å². The van der Waals surface area contributed by atoms with Gasteiger partial charge in [0.2, 0.25) is 11.6 Å². The van der Waals surface area contributed by atoms with Crippen molar-refractivity contribution in [1.82, 2.24) is 0 Å². The fourth-order valence-electron chi connectivity index (χ4n) is 4.25. The van der Waals surface area contributed by atoms with E-state index in [0.29, 0.717) is 24.5 Å². The number of anilines is 2. The van der Waals surface area contributed by atoms with Crippen molar-refractivity contribution in [3.05, 3.63) is 118 Å². The number of benzene rings is 4. The predicted octanol–water partition coefficient (Wildman–Crippen LogP) is 5.10. The van der Waals surface area contributed by atoms with Gasteiger partial charge in [0.1, 0.15) is 11.5 Å². The summed E-state index contributed by atoms with van der Waals surface area (Å²) in [5.74, 6) is -1.59. The lowest BCUT2D eigenvalue weighted by Crippen LogP contribution is -2.24. The molecule has 0 atom stereocenters. The average Bonchev–Trinajstić information content (AvgIpc) is 2.86. The van der Waals surface area contributed by atoms with E-state index < -0.39 is 11.6 Å². The highest BCUT2D eigenvalue weighted by Crippen LogP contribution is 2.42. The van der Waals surface area contributed by atoms with Gasteiger partial charge in [0.05, 0.1) is 22.3 Å². The molecule has 0 bridgehead atoms. The number of rotatable bonds is 6. The maximum atomic E-state index is 13.6. The Morgan fingerprint density at radius 3 is 1.26 bits per heavy atom. The van der Waals surface area contributed by atoms with Crippen LogP contribution in [-0.2, 0) is 13.1 Å². The van der Waals surface area contributed by atoms with Crippen LogP contribution in [0.3, 0.4) is 0 Å². The molecule has 6 heteroatoms. The smallest absolute Gasteiger partial charge is 0.200 e. The maximum absolute atomic E-state index is 13.6. The third-order valence-corrected chi connectivity index (χ3v) is 5.93. The van der Waals surface area contributed by atoms with Crippen LogP contribution in [0.4, 0.5) is 11.4 Å². The van der Waals surface area contributed by atoms with E-state index in [-0.39, 0.29) is 33.8 Å². The molecule has 0 radical (unpaired) electrons. The topological polar surface area (TPSA) is 98.7 Å². The van der Waals surface area contributed by atoms with Crippen molar-refractivity contribution in [2.24, 2.45) is 0 Å². The van der Waals surface area contributed by atoms with Crippen LogP contribution in [0.5, 0.6) is 11.5 Å². The van der Waals surface area contributed by atoms with E-state index in [2.05, 4.69) is 10.6 Å². The molecule has 0 saturated heterocycles. The molecular formula is C28H22N2O4. The molecule has 1 aliphatic rings. The molecule has 4 aromatic rings. The van der Waals surface area contributed by atoms with Crippen molar-refractivity contribution in [3.8, 4) is 11.5 Å². The summed E-state index contributed by atoms with van der Waals surface area (Å²) in [6.07, 6.45) is 0. The minimum Gasteiger partial charge on any atom is -0.507 e. The van der Waals surface area contributed by atoms with Gasteiger partial charge < -0.3 is 20.8 Å². The third kappa shape index (κ3) is 3.75. The van der Waals surface area contributed by atoms with E-state index >= 15 is 0 Å². The van der Waals surface area contributed by atoms with E-state index in [1.807, 2.05) is 60.7 Å². The number of carbonyl (C=O) groups excluding carboxylic acids is 2. The van der Waals surface area contributed by atoms with Gasteiger partial charge in [0, 0.05) is 24.5 Å². The monoisotopic (exact) mass is 450 g/mol. The number of phenolic OH excluding ortho intramolecular Hbond substituents is 2. The zero-order chi connectivity index (χ0) is 23.7. The molecule has 4 N–H and O–H groups in total. The fourth-order valence-corrected chi connectivity index (χ4v) is 4.25. The van der Waals surface area contributed by atoms with Gasteiger partial charge in [-0.15, -0.1) is 0 Å². The lowest BCUT2D eigenvalue weighted by atomic mass is 9.81. The van der Waals surface area contributed by atoms with Crippen LogP contribution in [0, 0.1) is 0 Å². The Balaban J connectivity index is 1.54. The van der Waals surface area contributed by atoms with Crippen molar-refractivity contribution < 1.29 is 19.8 Å². The number of hydrogen-bond acceptors (Lipinski definition) is 6. The number of ketones is 2. The van der Waals surface area contributed by atoms with Crippen LogP contribution in [-0.4, -0.2) is 21.8 Å². The Labute approximate surface area is 196 Å². The zero-order valence-corrected chi connectivity index (χ0v) is 18.2. The Hall–Kier alpha value is -4.58. The first-order valence-electron chi connectivity index (χ1n) is 10.9. The summed E-state index contributed by atoms with van der Waals surface area (Å²) in [6, 6.07) is 25.2. The highest BCUT2D eigenvalue weighted by molar-refractivity contribution is 6.33. The molecule has 1 aliphatic carbocycles. The lowest BCUT2D eigenvalue weighted by molar-refractivity contribution is 0.0975. The second-order valence-electron chi connectivity index (χ2n) is 8.10. The number of hydrogen-bond donors (Lipinski definition) is 4. The quantitative estimate of drug-likeness (QED) is 0.269. The normalized spacial score (nSPS) is 12.1. The molecule has 0 heterocycles. The number of fused-ring (bicyclic) bond motifs is 2.